The summed E-state index contributed by atoms with van der Waals surface area (Å²) in [7, 11) is 4.03. The first-order valence-electron chi connectivity index (χ1n) is 6.96. The first kappa shape index (κ1) is 13.0. The number of nitrogens with zero attached hydrogens (tertiary/aromatic N) is 4. The van der Waals surface area contributed by atoms with Crippen molar-refractivity contribution < 1.29 is 0 Å². The van der Waals surface area contributed by atoms with Crippen LogP contribution in [0.3, 0.4) is 0 Å². The molecule has 1 saturated heterocycles. The van der Waals surface area contributed by atoms with Crippen LogP contribution < -0.4 is 10.6 Å². The highest BCUT2D eigenvalue weighted by Gasteiger charge is 2.15. The molecule has 20 heavy (non-hydrogen) atoms. The maximum atomic E-state index is 6.06. The standard InChI is InChI=1S/C15H21N5/c1-18-6-8-20(9-7-18)13-5-3-4-12(10-13)14-11-17-19(2)15(14)16/h3-5,10-11H,6-9,16H2,1-2H3. The molecule has 1 aliphatic heterocycles. The van der Waals surface area contributed by atoms with Gasteiger partial charge in [-0.3, -0.25) is 4.68 Å². The number of piperazine rings is 1. The Kier molecular flexibility index (Phi) is 3.36. The van der Waals surface area contributed by atoms with E-state index < -0.39 is 0 Å². The Morgan fingerprint density at radius 3 is 2.50 bits per heavy atom. The quantitative estimate of drug-likeness (QED) is 0.897. The van der Waals surface area contributed by atoms with E-state index in [9.17, 15) is 0 Å². The fourth-order valence-electron chi connectivity index (χ4n) is 2.60. The number of likely N-dealkylation sites (N-methyl/N-ethyl adjacent to an activating group) is 1. The molecule has 0 bridgehead atoms. The lowest BCUT2D eigenvalue weighted by atomic mass is 10.1. The third kappa shape index (κ3) is 2.36. The Morgan fingerprint density at radius 1 is 1.10 bits per heavy atom. The van der Waals surface area contributed by atoms with E-state index in [-0.39, 0.29) is 0 Å². The van der Waals surface area contributed by atoms with Gasteiger partial charge in [0.05, 0.1) is 6.20 Å². The summed E-state index contributed by atoms with van der Waals surface area (Å²) in [6, 6.07) is 8.56. The third-order valence-electron chi connectivity index (χ3n) is 4.01. The van der Waals surface area contributed by atoms with Crippen molar-refractivity contribution >= 4 is 11.5 Å². The van der Waals surface area contributed by atoms with E-state index in [0.29, 0.717) is 5.82 Å². The van der Waals surface area contributed by atoms with Gasteiger partial charge in [-0.25, -0.2) is 0 Å². The minimum Gasteiger partial charge on any atom is -0.383 e. The number of aryl methyl sites for hydroxylation is 1. The number of benzene rings is 1. The number of aromatic nitrogens is 2. The molecule has 0 unspecified atom stereocenters. The molecule has 5 heteroatoms. The summed E-state index contributed by atoms with van der Waals surface area (Å²) in [6.45, 7) is 4.36. The van der Waals surface area contributed by atoms with Gasteiger partial charge < -0.3 is 15.5 Å². The van der Waals surface area contributed by atoms with E-state index in [4.69, 9.17) is 5.73 Å². The van der Waals surface area contributed by atoms with Gasteiger partial charge in [0.15, 0.2) is 0 Å². The first-order valence-corrected chi connectivity index (χ1v) is 6.96. The molecule has 0 radical (unpaired) electrons. The van der Waals surface area contributed by atoms with Crippen molar-refractivity contribution in [1.82, 2.24) is 14.7 Å². The van der Waals surface area contributed by atoms with Crippen LogP contribution in [-0.4, -0.2) is 47.9 Å². The summed E-state index contributed by atoms with van der Waals surface area (Å²) in [5.74, 6) is 0.709. The Labute approximate surface area is 119 Å². The average molecular weight is 271 g/mol. The highest BCUT2D eigenvalue weighted by atomic mass is 15.3. The zero-order valence-corrected chi connectivity index (χ0v) is 12.1. The molecule has 1 aliphatic rings. The van der Waals surface area contributed by atoms with Crippen molar-refractivity contribution in [2.75, 3.05) is 43.9 Å². The smallest absolute Gasteiger partial charge is 0.129 e. The van der Waals surface area contributed by atoms with Crippen LogP contribution in [0.5, 0.6) is 0 Å². The zero-order valence-electron chi connectivity index (χ0n) is 12.1. The Hall–Kier alpha value is -2.01. The van der Waals surface area contributed by atoms with Crippen LogP contribution >= 0.6 is 0 Å². The van der Waals surface area contributed by atoms with Crippen LogP contribution in [0.15, 0.2) is 30.5 Å². The maximum absolute atomic E-state index is 6.06. The number of nitrogens with two attached hydrogens (primary N) is 1. The second-order valence-corrected chi connectivity index (χ2v) is 5.41. The van der Waals surface area contributed by atoms with Crippen LogP contribution in [0, 0.1) is 0 Å². The summed E-state index contributed by atoms with van der Waals surface area (Å²) in [5.41, 5.74) is 9.46. The maximum Gasteiger partial charge on any atom is 0.129 e. The van der Waals surface area contributed by atoms with Gasteiger partial charge >= 0.3 is 0 Å². The molecule has 2 N–H and O–H groups in total. The van der Waals surface area contributed by atoms with Crippen LogP contribution in [0.25, 0.3) is 11.1 Å². The summed E-state index contributed by atoms with van der Waals surface area (Å²) >= 11 is 0. The molecule has 2 aromatic rings. The summed E-state index contributed by atoms with van der Waals surface area (Å²) in [5, 5.41) is 4.22. The molecule has 5 nitrogen and oxygen atoms in total. The van der Waals surface area contributed by atoms with Crippen molar-refractivity contribution in [3.63, 3.8) is 0 Å². The van der Waals surface area contributed by atoms with Gasteiger partial charge in [-0.15, -0.1) is 0 Å². The normalized spacial score (nSPS) is 16.6. The molecule has 106 valence electrons. The number of nitrogen functional groups attached to an aromatic ring is 1. The predicted molar refractivity (Wildman–Crippen MR) is 82.8 cm³/mol. The minimum atomic E-state index is 0.709. The molecule has 1 aromatic heterocycles. The minimum absolute atomic E-state index is 0.709. The van der Waals surface area contributed by atoms with Gasteiger partial charge in [0.2, 0.25) is 0 Å². The molecule has 0 spiro atoms. The molecule has 1 aromatic carbocycles. The van der Waals surface area contributed by atoms with E-state index >= 15 is 0 Å². The highest BCUT2D eigenvalue weighted by molar-refractivity contribution is 5.76. The SMILES string of the molecule is CN1CCN(c2cccc(-c3cnn(C)c3N)c2)CC1. The van der Waals surface area contributed by atoms with Crippen molar-refractivity contribution in [1.29, 1.82) is 0 Å². The Balaban J connectivity index is 1.88. The Bertz CT molecular complexity index is 596. The van der Waals surface area contributed by atoms with E-state index in [1.807, 2.05) is 13.2 Å². The van der Waals surface area contributed by atoms with E-state index in [2.05, 4.69) is 46.2 Å². The van der Waals surface area contributed by atoms with Crippen molar-refractivity contribution in [2.24, 2.45) is 7.05 Å². The molecular formula is C15H21N5. The molecule has 3 rings (SSSR count). The lowest BCUT2D eigenvalue weighted by Gasteiger charge is -2.34. The number of hydrogen-bond acceptors (Lipinski definition) is 4. The van der Waals surface area contributed by atoms with Gasteiger partial charge in [0.1, 0.15) is 5.82 Å². The number of rotatable bonds is 2. The molecule has 0 saturated carbocycles. The van der Waals surface area contributed by atoms with Gasteiger partial charge in [-0.2, -0.15) is 5.10 Å². The van der Waals surface area contributed by atoms with Gasteiger partial charge in [0, 0.05) is 44.5 Å². The fraction of sp³-hybridized carbons (Fsp3) is 0.400. The third-order valence-corrected chi connectivity index (χ3v) is 4.01. The molecular weight excluding hydrogens is 250 g/mol. The van der Waals surface area contributed by atoms with Gasteiger partial charge in [-0.05, 0) is 24.7 Å². The fourth-order valence-corrected chi connectivity index (χ4v) is 2.60. The van der Waals surface area contributed by atoms with E-state index in [0.717, 1.165) is 37.3 Å². The molecule has 0 atom stereocenters. The Morgan fingerprint density at radius 2 is 1.85 bits per heavy atom. The van der Waals surface area contributed by atoms with Crippen LogP contribution in [-0.2, 0) is 7.05 Å². The van der Waals surface area contributed by atoms with Crippen molar-refractivity contribution in [3.05, 3.63) is 30.5 Å². The second-order valence-electron chi connectivity index (χ2n) is 5.41. The summed E-state index contributed by atoms with van der Waals surface area (Å²) in [4.78, 5) is 4.79. The van der Waals surface area contributed by atoms with Crippen LogP contribution in [0.2, 0.25) is 0 Å². The monoisotopic (exact) mass is 271 g/mol. The van der Waals surface area contributed by atoms with E-state index in [1.165, 1.54) is 5.69 Å². The van der Waals surface area contributed by atoms with Crippen molar-refractivity contribution in [2.45, 2.75) is 0 Å². The second kappa shape index (κ2) is 5.17. The average Bonchev–Trinajstić information content (AvgIpc) is 2.80. The van der Waals surface area contributed by atoms with Crippen molar-refractivity contribution in [3.8, 4) is 11.1 Å². The number of hydrogen-bond donors (Lipinski definition) is 1. The first-order chi connectivity index (χ1) is 9.65. The van der Waals surface area contributed by atoms with Gasteiger partial charge in [-0.1, -0.05) is 12.1 Å². The zero-order chi connectivity index (χ0) is 14.1. The highest BCUT2D eigenvalue weighted by Crippen LogP contribution is 2.28. The van der Waals surface area contributed by atoms with Crippen LogP contribution in [0.1, 0.15) is 0 Å². The van der Waals surface area contributed by atoms with Gasteiger partial charge in [0.25, 0.3) is 0 Å². The molecule has 0 aliphatic carbocycles. The number of anilines is 2. The molecule has 2 heterocycles. The molecule has 1 fully saturated rings. The van der Waals surface area contributed by atoms with E-state index in [1.54, 1.807) is 4.68 Å². The molecule has 0 amide bonds. The summed E-state index contributed by atoms with van der Waals surface area (Å²) < 4.78 is 1.71. The largest absolute Gasteiger partial charge is 0.383 e. The lowest BCUT2D eigenvalue weighted by Crippen LogP contribution is -2.44. The lowest BCUT2D eigenvalue weighted by molar-refractivity contribution is 0.313. The topological polar surface area (TPSA) is 50.3 Å². The van der Waals surface area contributed by atoms with Crippen LogP contribution in [0.4, 0.5) is 11.5 Å². The predicted octanol–water partition coefficient (Wildman–Crippen LogP) is 1.42. The summed E-state index contributed by atoms with van der Waals surface area (Å²) in [6.07, 6.45) is 1.83.